The van der Waals surface area contributed by atoms with Crippen LogP contribution in [0.4, 0.5) is 0 Å². The van der Waals surface area contributed by atoms with Crippen LogP contribution in [0.25, 0.3) is 0 Å². The first-order valence-corrected chi connectivity index (χ1v) is 9.25. The Morgan fingerprint density at radius 1 is 1.00 bits per heavy atom. The van der Waals surface area contributed by atoms with E-state index in [0.717, 1.165) is 51.4 Å². The SMILES string of the molecule is CC12CCC3(O)C(CCC4CC(O)CCC43C)C1CCC2=O. The van der Waals surface area contributed by atoms with E-state index in [1.807, 2.05) is 0 Å². The fraction of sp³-hybridized carbons (Fsp3) is 0.947. The van der Waals surface area contributed by atoms with Crippen molar-refractivity contribution in [1.29, 1.82) is 0 Å². The van der Waals surface area contributed by atoms with E-state index >= 15 is 0 Å². The molecule has 4 fully saturated rings. The number of Topliss-reactive ketones (excluding diaryl/α,β-unsaturated/α-hetero) is 1. The third-order valence-corrected chi connectivity index (χ3v) is 8.53. The number of carbonyl (C=O) groups is 1. The molecule has 0 amide bonds. The van der Waals surface area contributed by atoms with Crippen LogP contribution in [-0.4, -0.2) is 27.7 Å². The first-order chi connectivity index (χ1) is 10.3. The van der Waals surface area contributed by atoms with Crippen molar-refractivity contribution in [3.05, 3.63) is 0 Å². The monoisotopic (exact) mass is 306 g/mol. The fourth-order valence-electron chi connectivity index (χ4n) is 6.95. The highest BCUT2D eigenvalue weighted by molar-refractivity contribution is 5.87. The van der Waals surface area contributed by atoms with Crippen molar-refractivity contribution in [2.45, 2.75) is 83.3 Å². The van der Waals surface area contributed by atoms with E-state index in [-0.39, 0.29) is 22.9 Å². The highest BCUT2D eigenvalue weighted by Crippen LogP contribution is 2.67. The summed E-state index contributed by atoms with van der Waals surface area (Å²) in [5.41, 5.74) is -0.860. The molecule has 4 rings (SSSR count). The smallest absolute Gasteiger partial charge is 0.139 e. The van der Waals surface area contributed by atoms with Gasteiger partial charge in [-0.05, 0) is 74.5 Å². The molecular formula is C19H30O3. The molecule has 4 aliphatic carbocycles. The summed E-state index contributed by atoms with van der Waals surface area (Å²) in [4.78, 5) is 12.4. The first kappa shape index (κ1) is 15.1. The number of hydrogen-bond donors (Lipinski definition) is 2. The highest BCUT2D eigenvalue weighted by Gasteiger charge is 2.66. The maximum Gasteiger partial charge on any atom is 0.139 e. The predicted octanol–water partition coefficient (Wildman–Crippen LogP) is 3.07. The van der Waals surface area contributed by atoms with Gasteiger partial charge in [-0.1, -0.05) is 13.8 Å². The largest absolute Gasteiger partial charge is 0.393 e. The predicted molar refractivity (Wildman–Crippen MR) is 84.2 cm³/mol. The molecule has 0 radical (unpaired) electrons. The van der Waals surface area contributed by atoms with Crippen LogP contribution in [0.1, 0.15) is 71.6 Å². The molecule has 22 heavy (non-hydrogen) atoms. The number of fused-ring (bicyclic) bond motifs is 5. The second-order valence-electron chi connectivity index (χ2n) is 9.14. The molecular weight excluding hydrogens is 276 g/mol. The summed E-state index contributed by atoms with van der Waals surface area (Å²) < 4.78 is 0. The van der Waals surface area contributed by atoms with Gasteiger partial charge in [0.25, 0.3) is 0 Å². The van der Waals surface area contributed by atoms with Crippen LogP contribution in [0, 0.1) is 28.6 Å². The van der Waals surface area contributed by atoms with E-state index in [9.17, 15) is 15.0 Å². The van der Waals surface area contributed by atoms with Gasteiger partial charge in [-0.3, -0.25) is 4.79 Å². The third kappa shape index (κ3) is 1.67. The number of hydrogen-bond acceptors (Lipinski definition) is 3. The molecule has 0 aliphatic heterocycles. The number of aliphatic hydroxyl groups is 2. The molecule has 3 heteroatoms. The lowest BCUT2D eigenvalue weighted by atomic mass is 9.43. The van der Waals surface area contributed by atoms with Gasteiger partial charge < -0.3 is 10.2 Å². The van der Waals surface area contributed by atoms with Crippen molar-refractivity contribution >= 4 is 5.78 Å². The summed E-state index contributed by atoms with van der Waals surface area (Å²) in [5.74, 6) is 1.54. The second-order valence-corrected chi connectivity index (χ2v) is 9.14. The van der Waals surface area contributed by atoms with Crippen LogP contribution in [0.15, 0.2) is 0 Å². The van der Waals surface area contributed by atoms with Gasteiger partial charge in [-0.15, -0.1) is 0 Å². The Labute approximate surface area is 133 Å². The van der Waals surface area contributed by atoms with Crippen molar-refractivity contribution in [2.24, 2.45) is 28.6 Å². The van der Waals surface area contributed by atoms with Gasteiger partial charge in [-0.2, -0.15) is 0 Å². The molecule has 4 saturated carbocycles. The van der Waals surface area contributed by atoms with Gasteiger partial charge in [-0.25, -0.2) is 0 Å². The summed E-state index contributed by atoms with van der Waals surface area (Å²) in [6.07, 6.45) is 7.91. The highest BCUT2D eigenvalue weighted by atomic mass is 16.3. The van der Waals surface area contributed by atoms with Crippen molar-refractivity contribution in [3.8, 4) is 0 Å². The van der Waals surface area contributed by atoms with E-state index in [0.29, 0.717) is 24.0 Å². The Kier molecular flexibility index (Phi) is 3.14. The van der Waals surface area contributed by atoms with Crippen LogP contribution in [-0.2, 0) is 4.79 Å². The Hall–Kier alpha value is -0.410. The topological polar surface area (TPSA) is 57.5 Å². The molecule has 4 aliphatic rings. The second kappa shape index (κ2) is 4.57. The standard InChI is InChI=1S/C19H30O3/c1-17-9-10-19(22)15(14(17)5-6-16(17)21)4-3-12-11-13(20)7-8-18(12,19)2/h12-15,20,22H,3-11H2,1-2H3. The molecule has 7 atom stereocenters. The van der Waals surface area contributed by atoms with Gasteiger partial charge in [0.2, 0.25) is 0 Å². The number of rotatable bonds is 0. The Balaban J connectivity index is 1.71. The summed E-state index contributed by atoms with van der Waals surface area (Å²) in [6, 6.07) is 0. The maximum absolute atomic E-state index is 12.4. The van der Waals surface area contributed by atoms with Crippen LogP contribution in [0.3, 0.4) is 0 Å². The molecule has 124 valence electrons. The zero-order valence-corrected chi connectivity index (χ0v) is 14.0. The van der Waals surface area contributed by atoms with E-state index in [2.05, 4.69) is 13.8 Å². The third-order valence-electron chi connectivity index (χ3n) is 8.53. The minimum absolute atomic E-state index is 0.0673. The molecule has 0 aromatic carbocycles. The van der Waals surface area contributed by atoms with Crippen LogP contribution in [0.2, 0.25) is 0 Å². The molecule has 0 bridgehead atoms. The number of ketones is 1. The van der Waals surface area contributed by atoms with Crippen molar-refractivity contribution < 1.29 is 15.0 Å². The van der Waals surface area contributed by atoms with Gasteiger partial charge in [0.05, 0.1) is 11.7 Å². The quantitative estimate of drug-likeness (QED) is 0.723. The molecule has 0 aromatic rings. The van der Waals surface area contributed by atoms with Crippen LogP contribution < -0.4 is 0 Å². The van der Waals surface area contributed by atoms with Gasteiger partial charge >= 0.3 is 0 Å². The lowest BCUT2D eigenvalue weighted by Gasteiger charge is -2.64. The van der Waals surface area contributed by atoms with Crippen molar-refractivity contribution in [1.82, 2.24) is 0 Å². The Morgan fingerprint density at radius 3 is 2.55 bits per heavy atom. The summed E-state index contributed by atoms with van der Waals surface area (Å²) in [6.45, 7) is 4.43. The van der Waals surface area contributed by atoms with E-state index < -0.39 is 5.60 Å². The van der Waals surface area contributed by atoms with Gasteiger partial charge in [0, 0.05) is 11.8 Å². The average Bonchev–Trinajstić information content (AvgIpc) is 2.77. The van der Waals surface area contributed by atoms with Crippen molar-refractivity contribution in [2.75, 3.05) is 0 Å². The minimum Gasteiger partial charge on any atom is -0.393 e. The Bertz CT molecular complexity index is 503. The summed E-state index contributed by atoms with van der Waals surface area (Å²) in [7, 11) is 0. The average molecular weight is 306 g/mol. The number of carbonyl (C=O) groups excluding carboxylic acids is 1. The van der Waals surface area contributed by atoms with E-state index in [4.69, 9.17) is 0 Å². The fourth-order valence-corrected chi connectivity index (χ4v) is 6.95. The molecule has 0 saturated heterocycles. The molecule has 0 aromatic heterocycles. The molecule has 3 nitrogen and oxygen atoms in total. The summed E-state index contributed by atoms with van der Waals surface area (Å²) >= 11 is 0. The molecule has 7 unspecified atom stereocenters. The van der Waals surface area contributed by atoms with E-state index in [1.165, 1.54) is 0 Å². The number of aliphatic hydroxyl groups excluding tert-OH is 1. The van der Waals surface area contributed by atoms with Crippen molar-refractivity contribution in [3.63, 3.8) is 0 Å². The van der Waals surface area contributed by atoms with Gasteiger partial charge in [0.1, 0.15) is 5.78 Å². The lowest BCUT2D eigenvalue weighted by molar-refractivity contribution is -0.236. The zero-order chi connectivity index (χ0) is 15.8. The Morgan fingerprint density at radius 2 is 1.77 bits per heavy atom. The zero-order valence-electron chi connectivity index (χ0n) is 14.0. The van der Waals surface area contributed by atoms with Gasteiger partial charge in [0.15, 0.2) is 0 Å². The molecule has 0 spiro atoms. The summed E-state index contributed by atoms with van der Waals surface area (Å²) in [5, 5.41) is 21.8. The van der Waals surface area contributed by atoms with Crippen LogP contribution >= 0.6 is 0 Å². The lowest BCUT2D eigenvalue weighted by Crippen LogP contribution is -2.65. The van der Waals surface area contributed by atoms with Crippen LogP contribution in [0.5, 0.6) is 0 Å². The maximum atomic E-state index is 12.4. The van der Waals surface area contributed by atoms with E-state index in [1.54, 1.807) is 0 Å². The molecule has 0 heterocycles. The normalized spacial score (nSPS) is 57.9. The minimum atomic E-state index is -0.620. The first-order valence-electron chi connectivity index (χ1n) is 9.25. The molecule has 2 N–H and O–H groups in total.